The van der Waals surface area contributed by atoms with Crippen molar-refractivity contribution in [1.29, 1.82) is 0 Å². The molecule has 1 rings (SSSR count). The Hall–Kier alpha value is -0.480. The normalized spacial score (nSPS) is 25.0. The van der Waals surface area contributed by atoms with Crippen LogP contribution in [-0.2, 0) is 4.74 Å². The first-order valence-corrected chi connectivity index (χ1v) is 7.33. The molecule has 0 saturated carbocycles. The summed E-state index contributed by atoms with van der Waals surface area (Å²) in [6.07, 6.45) is 0.644. The van der Waals surface area contributed by atoms with Crippen LogP contribution in [0.4, 0.5) is 4.79 Å². The third-order valence-electron chi connectivity index (χ3n) is 3.35. The molecule has 0 aromatic heterocycles. The van der Waals surface area contributed by atoms with Gasteiger partial charge in [-0.2, -0.15) is 0 Å². The van der Waals surface area contributed by atoms with Gasteiger partial charge in [-0.3, -0.25) is 0 Å². The minimum absolute atomic E-state index is 0.0411. The summed E-state index contributed by atoms with van der Waals surface area (Å²) in [6.45, 7) is 10.3. The molecule has 112 valence electrons. The number of carbonyl (C=O) groups excluding carboxylic acids is 1. The van der Waals surface area contributed by atoms with Crippen LogP contribution < -0.4 is 0 Å². The average molecular weight is 292 g/mol. The number of aliphatic hydroxyl groups excluding tert-OH is 1. The largest absolute Gasteiger partial charge is 0.444 e. The zero-order chi connectivity index (χ0) is 14.8. The molecule has 0 bridgehead atoms. The molecule has 0 radical (unpaired) electrons. The van der Waals surface area contributed by atoms with Crippen LogP contribution in [0, 0.1) is 5.41 Å². The van der Waals surface area contributed by atoms with Gasteiger partial charge in [-0.1, -0.05) is 13.8 Å². The molecule has 1 fully saturated rings. The number of carbonyl (C=O) groups is 1. The van der Waals surface area contributed by atoms with E-state index in [0.29, 0.717) is 6.54 Å². The summed E-state index contributed by atoms with van der Waals surface area (Å²) in [5, 5.41) is 9.99. The van der Waals surface area contributed by atoms with Gasteiger partial charge in [-0.25, -0.2) is 4.79 Å². The zero-order valence-electron chi connectivity index (χ0n) is 12.6. The Kier molecular flexibility index (Phi) is 5.13. The SMILES string of the molecule is CC1(C)CCC(C(O)CCl)N(C(=O)OC(C)(C)C)C1. The van der Waals surface area contributed by atoms with Crippen LogP contribution in [0.3, 0.4) is 0 Å². The van der Waals surface area contributed by atoms with Crippen LogP contribution in [0.5, 0.6) is 0 Å². The first kappa shape index (κ1) is 16.6. The van der Waals surface area contributed by atoms with Gasteiger partial charge in [-0.05, 0) is 39.0 Å². The highest BCUT2D eigenvalue weighted by molar-refractivity contribution is 6.18. The molecule has 4 nitrogen and oxygen atoms in total. The number of hydrogen-bond donors (Lipinski definition) is 1. The first-order valence-electron chi connectivity index (χ1n) is 6.79. The Labute approximate surface area is 121 Å². The number of rotatable bonds is 2. The highest BCUT2D eigenvalue weighted by Gasteiger charge is 2.40. The van der Waals surface area contributed by atoms with Gasteiger partial charge in [0.15, 0.2) is 0 Å². The molecule has 1 saturated heterocycles. The van der Waals surface area contributed by atoms with E-state index in [9.17, 15) is 9.90 Å². The van der Waals surface area contributed by atoms with Crippen molar-refractivity contribution in [3.8, 4) is 0 Å². The van der Waals surface area contributed by atoms with Gasteiger partial charge in [-0.15, -0.1) is 11.6 Å². The summed E-state index contributed by atoms with van der Waals surface area (Å²) in [5.41, 5.74) is -0.491. The molecule has 0 aliphatic carbocycles. The summed E-state index contributed by atoms with van der Waals surface area (Å²) >= 11 is 5.73. The maximum Gasteiger partial charge on any atom is 0.410 e. The minimum Gasteiger partial charge on any atom is -0.444 e. The number of hydrogen-bond acceptors (Lipinski definition) is 3. The second kappa shape index (κ2) is 5.88. The maximum absolute atomic E-state index is 12.3. The lowest BCUT2D eigenvalue weighted by atomic mass is 9.80. The van der Waals surface area contributed by atoms with Gasteiger partial charge >= 0.3 is 6.09 Å². The fraction of sp³-hybridized carbons (Fsp3) is 0.929. The molecule has 0 aromatic carbocycles. The van der Waals surface area contributed by atoms with Crippen LogP contribution in [0.1, 0.15) is 47.5 Å². The van der Waals surface area contributed by atoms with Gasteiger partial charge in [0, 0.05) is 6.54 Å². The fourth-order valence-electron chi connectivity index (χ4n) is 2.38. The van der Waals surface area contributed by atoms with Crippen LogP contribution >= 0.6 is 11.6 Å². The summed E-state index contributed by atoms with van der Waals surface area (Å²) in [5.74, 6) is 0.129. The van der Waals surface area contributed by atoms with Crippen molar-refractivity contribution in [2.75, 3.05) is 12.4 Å². The number of halogens is 1. The number of nitrogens with zero attached hydrogens (tertiary/aromatic N) is 1. The lowest BCUT2D eigenvalue weighted by Gasteiger charge is -2.45. The van der Waals surface area contributed by atoms with Crippen molar-refractivity contribution in [1.82, 2.24) is 4.90 Å². The molecule has 1 aliphatic rings. The average Bonchev–Trinajstić information content (AvgIpc) is 2.24. The molecule has 0 aromatic rings. The Morgan fingerprint density at radius 3 is 2.58 bits per heavy atom. The number of aliphatic hydroxyl groups is 1. The van der Waals surface area contributed by atoms with Crippen molar-refractivity contribution in [2.45, 2.75) is 65.2 Å². The van der Waals surface area contributed by atoms with E-state index in [1.54, 1.807) is 4.90 Å². The van der Waals surface area contributed by atoms with Gasteiger partial charge in [0.05, 0.1) is 18.0 Å². The van der Waals surface area contributed by atoms with Gasteiger partial charge in [0.1, 0.15) is 5.60 Å². The smallest absolute Gasteiger partial charge is 0.410 e. The van der Waals surface area contributed by atoms with Crippen LogP contribution in [0.15, 0.2) is 0 Å². The molecule has 2 atom stereocenters. The highest BCUT2D eigenvalue weighted by Crippen LogP contribution is 2.34. The molecule has 5 heteroatoms. The summed E-state index contributed by atoms with van der Waals surface area (Å²) in [7, 11) is 0. The predicted octanol–water partition coefficient (Wildman–Crippen LogP) is 3.01. The van der Waals surface area contributed by atoms with Crippen molar-refractivity contribution in [2.24, 2.45) is 5.41 Å². The van der Waals surface area contributed by atoms with Crippen molar-refractivity contribution in [3.05, 3.63) is 0 Å². The van der Waals surface area contributed by atoms with Gasteiger partial charge in [0.25, 0.3) is 0 Å². The Morgan fingerprint density at radius 1 is 1.53 bits per heavy atom. The lowest BCUT2D eigenvalue weighted by molar-refractivity contribution is -0.0325. The summed E-state index contributed by atoms with van der Waals surface area (Å²) < 4.78 is 5.43. The number of likely N-dealkylation sites (tertiary alicyclic amines) is 1. The molecular weight excluding hydrogens is 266 g/mol. The minimum atomic E-state index is -0.703. The fourth-order valence-corrected chi connectivity index (χ4v) is 2.58. The second-order valence-corrected chi connectivity index (χ2v) is 7.41. The quantitative estimate of drug-likeness (QED) is 0.796. The van der Waals surface area contributed by atoms with Crippen LogP contribution in [0.2, 0.25) is 0 Å². The summed E-state index contributed by atoms with van der Waals surface area (Å²) in [6, 6.07) is -0.250. The number of ether oxygens (including phenoxy) is 1. The van der Waals surface area contributed by atoms with E-state index in [1.807, 2.05) is 20.8 Å². The molecule has 2 unspecified atom stereocenters. The van der Waals surface area contributed by atoms with E-state index in [-0.39, 0.29) is 23.4 Å². The highest BCUT2D eigenvalue weighted by atomic mass is 35.5. The van der Waals surface area contributed by atoms with Crippen molar-refractivity contribution in [3.63, 3.8) is 0 Å². The van der Waals surface area contributed by atoms with E-state index in [4.69, 9.17) is 16.3 Å². The molecule has 19 heavy (non-hydrogen) atoms. The first-order chi connectivity index (χ1) is 8.56. The maximum atomic E-state index is 12.3. The Balaban J connectivity index is 2.85. The van der Waals surface area contributed by atoms with Crippen molar-refractivity contribution >= 4 is 17.7 Å². The monoisotopic (exact) mass is 291 g/mol. The van der Waals surface area contributed by atoms with E-state index < -0.39 is 11.7 Å². The number of alkyl halides is 1. The molecular formula is C14H26ClNO3. The van der Waals surface area contributed by atoms with Crippen LogP contribution in [-0.4, -0.2) is 46.3 Å². The second-order valence-electron chi connectivity index (χ2n) is 7.10. The molecule has 1 aliphatic heterocycles. The van der Waals surface area contributed by atoms with Crippen molar-refractivity contribution < 1.29 is 14.6 Å². The molecule has 1 amide bonds. The number of piperidine rings is 1. The third-order valence-corrected chi connectivity index (χ3v) is 3.66. The Morgan fingerprint density at radius 2 is 2.11 bits per heavy atom. The molecule has 0 spiro atoms. The van der Waals surface area contributed by atoms with E-state index in [2.05, 4.69) is 13.8 Å². The zero-order valence-corrected chi connectivity index (χ0v) is 13.3. The number of amides is 1. The van der Waals surface area contributed by atoms with Crippen LogP contribution in [0.25, 0.3) is 0 Å². The van der Waals surface area contributed by atoms with E-state index in [0.717, 1.165) is 12.8 Å². The summed E-state index contributed by atoms with van der Waals surface area (Å²) in [4.78, 5) is 13.9. The predicted molar refractivity (Wildman–Crippen MR) is 76.5 cm³/mol. The van der Waals surface area contributed by atoms with E-state index in [1.165, 1.54) is 0 Å². The van der Waals surface area contributed by atoms with Gasteiger partial charge < -0.3 is 14.7 Å². The topological polar surface area (TPSA) is 49.8 Å². The lowest BCUT2D eigenvalue weighted by Crippen LogP contribution is -2.55. The molecule has 1 N–H and O–H groups in total. The van der Waals surface area contributed by atoms with E-state index >= 15 is 0 Å². The van der Waals surface area contributed by atoms with Gasteiger partial charge in [0.2, 0.25) is 0 Å². The molecule has 1 heterocycles. The standard InChI is InChI=1S/C14H26ClNO3/c1-13(2,3)19-12(18)16-9-14(4,5)7-6-10(16)11(17)8-15/h10-11,17H,6-9H2,1-5H3. The third kappa shape index (κ3) is 4.84. The Bertz CT molecular complexity index is 325.